The van der Waals surface area contributed by atoms with Crippen LogP contribution >= 0.6 is 11.6 Å². The average molecular weight is 290 g/mol. The molecule has 0 saturated heterocycles. The van der Waals surface area contributed by atoms with Crippen LogP contribution in [0.1, 0.15) is 42.8 Å². The standard InChI is InChI=1S/C16H20ClN3/c1-11(18-2)13-8-7-12(9-14(13)17)20-10-19-15-5-3-4-6-16(15)20/h7-11,18H,3-6H2,1-2H3. The lowest BCUT2D eigenvalue weighted by Gasteiger charge is -2.16. The van der Waals surface area contributed by atoms with Crippen molar-refractivity contribution in [1.29, 1.82) is 0 Å². The molecule has 0 spiro atoms. The van der Waals surface area contributed by atoms with Gasteiger partial charge in [-0.05, 0) is 57.4 Å². The Morgan fingerprint density at radius 2 is 2.10 bits per heavy atom. The van der Waals surface area contributed by atoms with Gasteiger partial charge < -0.3 is 9.88 Å². The molecule has 0 saturated carbocycles. The zero-order chi connectivity index (χ0) is 14.1. The molecule has 0 fully saturated rings. The summed E-state index contributed by atoms with van der Waals surface area (Å²) >= 11 is 6.43. The van der Waals surface area contributed by atoms with Crippen LogP contribution in [0.3, 0.4) is 0 Å². The number of aromatic nitrogens is 2. The fraction of sp³-hybridized carbons (Fsp3) is 0.438. The molecule has 20 heavy (non-hydrogen) atoms. The van der Waals surface area contributed by atoms with E-state index in [2.05, 4.69) is 33.9 Å². The van der Waals surface area contributed by atoms with Crippen LogP contribution in [0.5, 0.6) is 0 Å². The summed E-state index contributed by atoms with van der Waals surface area (Å²) < 4.78 is 2.19. The third kappa shape index (κ3) is 2.36. The van der Waals surface area contributed by atoms with Gasteiger partial charge in [-0.25, -0.2) is 4.98 Å². The highest BCUT2D eigenvalue weighted by atomic mass is 35.5. The molecule has 0 bridgehead atoms. The van der Waals surface area contributed by atoms with Crippen LogP contribution in [-0.2, 0) is 12.8 Å². The molecule has 1 heterocycles. The van der Waals surface area contributed by atoms with Crippen molar-refractivity contribution in [2.45, 2.75) is 38.6 Å². The van der Waals surface area contributed by atoms with E-state index in [0.29, 0.717) is 0 Å². The summed E-state index contributed by atoms with van der Waals surface area (Å²) in [6.07, 6.45) is 6.65. The predicted octanol–water partition coefficient (Wildman–Crippen LogP) is 3.68. The van der Waals surface area contributed by atoms with Gasteiger partial charge in [-0.2, -0.15) is 0 Å². The highest BCUT2D eigenvalue weighted by Gasteiger charge is 2.17. The van der Waals surface area contributed by atoms with Crippen molar-refractivity contribution in [2.24, 2.45) is 0 Å². The molecule has 0 radical (unpaired) electrons. The molecule has 3 nitrogen and oxygen atoms in total. The Morgan fingerprint density at radius 3 is 2.85 bits per heavy atom. The van der Waals surface area contributed by atoms with Crippen molar-refractivity contribution in [2.75, 3.05) is 7.05 Å². The van der Waals surface area contributed by atoms with E-state index in [9.17, 15) is 0 Å². The van der Waals surface area contributed by atoms with Crippen molar-refractivity contribution in [3.05, 3.63) is 46.5 Å². The molecule has 1 aliphatic carbocycles. The fourth-order valence-corrected chi connectivity index (χ4v) is 3.20. The number of hydrogen-bond acceptors (Lipinski definition) is 2. The van der Waals surface area contributed by atoms with E-state index in [4.69, 9.17) is 11.6 Å². The highest BCUT2D eigenvalue weighted by Crippen LogP contribution is 2.28. The molecular weight excluding hydrogens is 270 g/mol. The van der Waals surface area contributed by atoms with Crippen molar-refractivity contribution in [3.8, 4) is 5.69 Å². The Morgan fingerprint density at radius 1 is 1.30 bits per heavy atom. The zero-order valence-electron chi connectivity index (χ0n) is 12.0. The van der Waals surface area contributed by atoms with Gasteiger partial charge in [-0.1, -0.05) is 17.7 Å². The van der Waals surface area contributed by atoms with Gasteiger partial charge in [0, 0.05) is 22.4 Å². The molecule has 1 N–H and O–H groups in total. The Bertz CT molecular complexity index is 618. The number of rotatable bonds is 3. The molecule has 1 aromatic carbocycles. The van der Waals surface area contributed by atoms with E-state index in [1.165, 1.54) is 24.2 Å². The van der Waals surface area contributed by atoms with Gasteiger partial charge in [0.05, 0.1) is 12.0 Å². The Labute approximate surface area is 125 Å². The number of halogens is 1. The SMILES string of the molecule is CNC(C)c1ccc(-n2cnc3c2CCCC3)cc1Cl. The second-order valence-corrected chi connectivity index (χ2v) is 5.84. The van der Waals surface area contributed by atoms with Crippen molar-refractivity contribution < 1.29 is 0 Å². The normalized spacial score (nSPS) is 15.9. The first-order valence-corrected chi connectivity index (χ1v) is 7.60. The minimum atomic E-state index is 0.258. The van der Waals surface area contributed by atoms with Gasteiger partial charge in [-0.15, -0.1) is 0 Å². The molecule has 106 valence electrons. The number of benzene rings is 1. The van der Waals surface area contributed by atoms with Crippen LogP contribution in [0.2, 0.25) is 5.02 Å². The molecular formula is C16H20ClN3. The van der Waals surface area contributed by atoms with Crippen LogP contribution < -0.4 is 5.32 Å². The summed E-state index contributed by atoms with van der Waals surface area (Å²) in [6, 6.07) is 6.54. The molecule has 4 heteroatoms. The maximum absolute atomic E-state index is 6.43. The van der Waals surface area contributed by atoms with E-state index in [-0.39, 0.29) is 6.04 Å². The van der Waals surface area contributed by atoms with E-state index < -0.39 is 0 Å². The summed E-state index contributed by atoms with van der Waals surface area (Å²) in [6.45, 7) is 2.11. The first kappa shape index (κ1) is 13.7. The minimum Gasteiger partial charge on any atom is -0.313 e. The molecule has 0 aliphatic heterocycles. The smallest absolute Gasteiger partial charge is 0.0997 e. The topological polar surface area (TPSA) is 29.9 Å². The van der Waals surface area contributed by atoms with E-state index >= 15 is 0 Å². The number of fused-ring (bicyclic) bond motifs is 1. The maximum Gasteiger partial charge on any atom is 0.0997 e. The van der Waals surface area contributed by atoms with E-state index in [0.717, 1.165) is 29.1 Å². The van der Waals surface area contributed by atoms with Crippen molar-refractivity contribution in [1.82, 2.24) is 14.9 Å². The highest BCUT2D eigenvalue weighted by molar-refractivity contribution is 6.31. The zero-order valence-corrected chi connectivity index (χ0v) is 12.7. The summed E-state index contributed by atoms with van der Waals surface area (Å²) in [5.41, 5.74) is 4.84. The average Bonchev–Trinajstić information content (AvgIpc) is 2.90. The Balaban J connectivity index is 1.99. The summed E-state index contributed by atoms with van der Waals surface area (Å²) in [7, 11) is 1.95. The number of hydrogen-bond donors (Lipinski definition) is 1. The van der Waals surface area contributed by atoms with Crippen LogP contribution in [-0.4, -0.2) is 16.6 Å². The number of nitrogens with one attached hydrogen (secondary N) is 1. The fourth-order valence-electron chi connectivity index (χ4n) is 2.86. The van der Waals surface area contributed by atoms with Gasteiger partial charge in [0.15, 0.2) is 0 Å². The Hall–Kier alpha value is -1.32. The van der Waals surface area contributed by atoms with Gasteiger partial charge in [0.2, 0.25) is 0 Å². The first-order chi connectivity index (χ1) is 9.70. The maximum atomic E-state index is 6.43. The third-order valence-electron chi connectivity index (χ3n) is 4.19. The molecule has 1 aromatic heterocycles. The summed E-state index contributed by atoms with van der Waals surface area (Å²) in [4.78, 5) is 4.54. The van der Waals surface area contributed by atoms with E-state index in [1.807, 2.05) is 19.4 Å². The predicted molar refractivity (Wildman–Crippen MR) is 82.7 cm³/mol. The van der Waals surface area contributed by atoms with Gasteiger partial charge in [0.1, 0.15) is 0 Å². The lowest BCUT2D eigenvalue weighted by Crippen LogP contribution is -2.13. The largest absolute Gasteiger partial charge is 0.313 e. The summed E-state index contributed by atoms with van der Waals surface area (Å²) in [5, 5.41) is 4.03. The monoisotopic (exact) mass is 289 g/mol. The molecule has 3 rings (SSSR count). The molecule has 1 aliphatic rings. The quantitative estimate of drug-likeness (QED) is 0.934. The molecule has 2 aromatic rings. The lowest BCUT2D eigenvalue weighted by molar-refractivity contribution is 0.650. The second kappa shape index (κ2) is 5.58. The molecule has 1 unspecified atom stereocenters. The van der Waals surface area contributed by atoms with E-state index in [1.54, 1.807) is 0 Å². The molecule has 1 atom stereocenters. The van der Waals surface area contributed by atoms with Gasteiger partial charge >= 0.3 is 0 Å². The second-order valence-electron chi connectivity index (χ2n) is 5.43. The number of nitrogens with zero attached hydrogens (tertiary/aromatic N) is 2. The number of imidazole rings is 1. The third-order valence-corrected chi connectivity index (χ3v) is 4.52. The van der Waals surface area contributed by atoms with Crippen LogP contribution in [0.4, 0.5) is 0 Å². The lowest BCUT2D eigenvalue weighted by atomic mass is 10.0. The van der Waals surface area contributed by atoms with Gasteiger partial charge in [0.25, 0.3) is 0 Å². The first-order valence-electron chi connectivity index (χ1n) is 7.23. The van der Waals surface area contributed by atoms with Gasteiger partial charge in [-0.3, -0.25) is 0 Å². The van der Waals surface area contributed by atoms with Crippen molar-refractivity contribution >= 4 is 11.6 Å². The van der Waals surface area contributed by atoms with Crippen molar-refractivity contribution in [3.63, 3.8) is 0 Å². The summed E-state index contributed by atoms with van der Waals surface area (Å²) in [5.74, 6) is 0. The minimum absolute atomic E-state index is 0.258. The van der Waals surface area contributed by atoms with Crippen LogP contribution in [0.15, 0.2) is 24.5 Å². The van der Waals surface area contributed by atoms with Crippen LogP contribution in [0.25, 0.3) is 5.69 Å². The molecule has 0 amide bonds. The Kier molecular flexibility index (Phi) is 3.81. The van der Waals surface area contributed by atoms with Crippen LogP contribution in [0, 0.1) is 0 Å². The number of aryl methyl sites for hydroxylation is 1.